The van der Waals surface area contributed by atoms with Gasteiger partial charge in [0.25, 0.3) is 0 Å². The summed E-state index contributed by atoms with van der Waals surface area (Å²) in [4.78, 5) is 26.1. The number of benzene rings is 2. The summed E-state index contributed by atoms with van der Waals surface area (Å²) in [5, 5.41) is 12.1. The van der Waals surface area contributed by atoms with Gasteiger partial charge in [-0.25, -0.2) is 9.18 Å². The molecule has 1 unspecified atom stereocenters. The minimum atomic E-state index is -0.967. The highest BCUT2D eigenvalue weighted by atomic mass is 19.1. The number of nitrogens with zero attached hydrogens (tertiary/aromatic N) is 1. The van der Waals surface area contributed by atoms with E-state index < -0.39 is 12.6 Å². The van der Waals surface area contributed by atoms with E-state index >= 15 is 0 Å². The number of hydrogen-bond donors (Lipinski definition) is 2. The number of carboxylic acids is 1. The molecular weight excluding hydrogens is 371 g/mol. The third-order valence-electron chi connectivity index (χ3n) is 5.50. The number of carboxylic acid groups (broad SMARTS) is 1. The fourth-order valence-electron chi connectivity index (χ4n) is 3.75. The Morgan fingerprint density at radius 1 is 1.10 bits per heavy atom. The summed E-state index contributed by atoms with van der Waals surface area (Å²) in [6.45, 7) is 2.94. The second-order valence-corrected chi connectivity index (χ2v) is 7.59. The average molecular weight is 398 g/mol. The largest absolute Gasteiger partial charge is 0.478 e. The molecular formula is C23H27FN2O3. The van der Waals surface area contributed by atoms with E-state index in [1.54, 1.807) is 36.4 Å². The van der Waals surface area contributed by atoms with Crippen molar-refractivity contribution in [1.82, 2.24) is 10.2 Å². The molecule has 154 valence electrons. The first kappa shape index (κ1) is 21.0. The van der Waals surface area contributed by atoms with Gasteiger partial charge in [0.05, 0.1) is 17.6 Å². The lowest BCUT2D eigenvalue weighted by molar-refractivity contribution is -0.128. The lowest BCUT2D eigenvalue weighted by Crippen LogP contribution is -2.49. The number of alkyl halides is 1. The first-order valence-electron chi connectivity index (χ1n) is 9.99. The second kappa shape index (κ2) is 9.65. The number of amides is 1. The fraction of sp³-hybridized carbons (Fsp3) is 0.391. The van der Waals surface area contributed by atoms with E-state index in [1.165, 1.54) is 0 Å². The third-order valence-corrected chi connectivity index (χ3v) is 5.50. The van der Waals surface area contributed by atoms with Crippen molar-refractivity contribution in [2.24, 2.45) is 0 Å². The van der Waals surface area contributed by atoms with Gasteiger partial charge in [0.15, 0.2) is 0 Å². The molecule has 2 aromatic rings. The standard InChI is InChI=1S/C23H27FN2O3/c1-16(19-9-11-20(12-10-19)23(28)29)25-22(27)21-4-2-3-13-26(21)15-18-7-5-17(14-24)6-8-18/h5-12,16,21H,2-4,13-15H2,1H3,(H,25,27)(H,28,29)/t16-,21?/m0/s1. The molecule has 1 aliphatic rings. The highest BCUT2D eigenvalue weighted by Crippen LogP contribution is 2.22. The van der Waals surface area contributed by atoms with Gasteiger partial charge in [-0.05, 0) is 55.1 Å². The maximum absolute atomic E-state index is 13.0. The summed E-state index contributed by atoms with van der Waals surface area (Å²) in [7, 11) is 0. The van der Waals surface area contributed by atoms with Crippen LogP contribution in [0.2, 0.25) is 0 Å². The zero-order valence-corrected chi connectivity index (χ0v) is 16.6. The number of piperidine rings is 1. The normalized spacial score (nSPS) is 18.2. The molecule has 3 rings (SSSR count). The van der Waals surface area contributed by atoms with Gasteiger partial charge in [-0.2, -0.15) is 0 Å². The number of carbonyl (C=O) groups excluding carboxylic acids is 1. The minimum Gasteiger partial charge on any atom is -0.478 e. The van der Waals surface area contributed by atoms with E-state index in [1.807, 2.05) is 19.1 Å². The Morgan fingerprint density at radius 3 is 2.38 bits per heavy atom. The predicted molar refractivity (Wildman–Crippen MR) is 109 cm³/mol. The van der Waals surface area contributed by atoms with E-state index in [9.17, 15) is 14.0 Å². The molecule has 2 N–H and O–H groups in total. The SMILES string of the molecule is C[C@H](NC(=O)C1CCCCN1Cc1ccc(CF)cc1)c1ccc(C(=O)O)cc1. The Kier molecular flexibility index (Phi) is 6.99. The van der Waals surface area contributed by atoms with Crippen LogP contribution in [0.5, 0.6) is 0 Å². The lowest BCUT2D eigenvalue weighted by atomic mass is 9.99. The first-order chi connectivity index (χ1) is 14.0. The highest BCUT2D eigenvalue weighted by molar-refractivity contribution is 5.87. The van der Waals surface area contributed by atoms with Crippen molar-refractivity contribution < 1.29 is 19.1 Å². The lowest BCUT2D eigenvalue weighted by Gasteiger charge is -2.35. The highest BCUT2D eigenvalue weighted by Gasteiger charge is 2.29. The molecule has 5 nitrogen and oxygen atoms in total. The van der Waals surface area contributed by atoms with Crippen LogP contribution in [-0.4, -0.2) is 34.5 Å². The van der Waals surface area contributed by atoms with Crippen LogP contribution in [0.25, 0.3) is 0 Å². The van der Waals surface area contributed by atoms with Crippen molar-refractivity contribution in [1.29, 1.82) is 0 Å². The number of aromatic carboxylic acids is 1. The summed E-state index contributed by atoms with van der Waals surface area (Å²) in [6, 6.07) is 13.6. The number of hydrogen-bond acceptors (Lipinski definition) is 3. The van der Waals surface area contributed by atoms with E-state index in [0.29, 0.717) is 12.1 Å². The maximum Gasteiger partial charge on any atom is 0.335 e. The molecule has 0 bridgehead atoms. The molecule has 0 saturated carbocycles. The fourth-order valence-corrected chi connectivity index (χ4v) is 3.75. The smallest absolute Gasteiger partial charge is 0.335 e. The molecule has 6 heteroatoms. The Balaban J connectivity index is 1.64. The molecule has 2 atom stereocenters. The van der Waals surface area contributed by atoms with Crippen LogP contribution in [0.3, 0.4) is 0 Å². The molecule has 2 aromatic carbocycles. The molecule has 0 aliphatic carbocycles. The Hall–Kier alpha value is -2.73. The Morgan fingerprint density at radius 2 is 1.76 bits per heavy atom. The van der Waals surface area contributed by atoms with Gasteiger partial charge in [0.2, 0.25) is 5.91 Å². The topological polar surface area (TPSA) is 69.6 Å². The summed E-state index contributed by atoms with van der Waals surface area (Å²) in [5.74, 6) is -0.981. The van der Waals surface area contributed by atoms with Gasteiger partial charge in [-0.15, -0.1) is 0 Å². The molecule has 29 heavy (non-hydrogen) atoms. The first-order valence-corrected chi connectivity index (χ1v) is 9.99. The van der Waals surface area contributed by atoms with E-state index in [4.69, 9.17) is 5.11 Å². The van der Waals surface area contributed by atoms with Gasteiger partial charge in [-0.1, -0.05) is 42.8 Å². The van der Waals surface area contributed by atoms with Crippen LogP contribution in [0.1, 0.15) is 59.3 Å². The molecule has 1 aliphatic heterocycles. The zero-order chi connectivity index (χ0) is 20.8. The molecule has 1 fully saturated rings. The molecule has 1 saturated heterocycles. The van der Waals surface area contributed by atoms with Crippen molar-refractivity contribution in [3.05, 3.63) is 70.8 Å². The van der Waals surface area contributed by atoms with Crippen molar-refractivity contribution in [2.75, 3.05) is 6.54 Å². The van der Waals surface area contributed by atoms with Crippen molar-refractivity contribution in [2.45, 2.75) is 51.5 Å². The van der Waals surface area contributed by atoms with Gasteiger partial charge < -0.3 is 10.4 Å². The summed E-state index contributed by atoms with van der Waals surface area (Å²) in [5.41, 5.74) is 2.82. The van der Waals surface area contributed by atoms with Crippen LogP contribution in [0, 0.1) is 0 Å². The molecule has 0 aromatic heterocycles. The minimum absolute atomic E-state index is 0.0140. The number of halogens is 1. The predicted octanol–water partition coefficient (Wildman–Crippen LogP) is 4.09. The van der Waals surface area contributed by atoms with Crippen LogP contribution >= 0.6 is 0 Å². The number of rotatable bonds is 7. The Labute approximate surface area is 170 Å². The van der Waals surface area contributed by atoms with E-state index in [2.05, 4.69) is 10.2 Å². The van der Waals surface area contributed by atoms with Crippen molar-refractivity contribution >= 4 is 11.9 Å². The van der Waals surface area contributed by atoms with E-state index in [0.717, 1.165) is 36.9 Å². The number of likely N-dealkylation sites (tertiary alicyclic amines) is 1. The molecule has 0 radical (unpaired) electrons. The summed E-state index contributed by atoms with van der Waals surface area (Å²) >= 11 is 0. The third kappa shape index (κ3) is 5.41. The van der Waals surface area contributed by atoms with Crippen molar-refractivity contribution in [3.8, 4) is 0 Å². The van der Waals surface area contributed by atoms with E-state index in [-0.39, 0.29) is 23.6 Å². The summed E-state index contributed by atoms with van der Waals surface area (Å²) < 4.78 is 12.7. The van der Waals surface area contributed by atoms with Crippen LogP contribution in [0.4, 0.5) is 4.39 Å². The molecule has 0 spiro atoms. The van der Waals surface area contributed by atoms with Gasteiger partial charge >= 0.3 is 5.97 Å². The van der Waals surface area contributed by atoms with Crippen LogP contribution in [-0.2, 0) is 18.0 Å². The monoisotopic (exact) mass is 398 g/mol. The zero-order valence-electron chi connectivity index (χ0n) is 16.6. The van der Waals surface area contributed by atoms with Gasteiger partial charge in [0.1, 0.15) is 6.67 Å². The van der Waals surface area contributed by atoms with Gasteiger partial charge in [-0.3, -0.25) is 9.69 Å². The van der Waals surface area contributed by atoms with Gasteiger partial charge in [0, 0.05) is 6.54 Å². The maximum atomic E-state index is 13.0. The van der Waals surface area contributed by atoms with Crippen molar-refractivity contribution in [3.63, 3.8) is 0 Å². The quantitative estimate of drug-likeness (QED) is 0.737. The Bertz CT molecular complexity index is 836. The number of nitrogens with one attached hydrogen (secondary N) is 1. The van der Waals surface area contributed by atoms with Crippen LogP contribution in [0.15, 0.2) is 48.5 Å². The molecule has 1 amide bonds. The van der Waals surface area contributed by atoms with Crippen LogP contribution < -0.4 is 5.32 Å². The second-order valence-electron chi connectivity index (χ2n) is 7.59. The average Bonchev–Trinajstić information content (AvgIpc) is 2.74. The number of carbonyl (C=O) groups is 2. The summed E-state index contributed by atoms with van der Waals surface area (Å²) in [6.07, 6.45) is 2.87. The molecule has 1 heterocycles.